The molecule has 2 aliphatic rings. The summed E-state index contributed by atoms with van der Waals surface area (Å²) in [4.78, 5) is 14.6. The van der Waals surface area contributed by atoms with E-state index in [-0.39, 0.29) is 29.2 Å². The fraction of sp³-hybridized carbons (Fsp3) is 0.409. The minimum Gasteiger partial charge on any atom is -0.508 e. The largest absolute Gasteiger partial charge is 0.508 e. The van der Waals surface area contributed by atoms with Gasteiger partial charge in [-0.05, 0) is 61.1 Å². The molecule has 1 heterocycles. The van der Waals surface area contributed by atoms with Crippen LogP contribution in [0.2, 0.25) is 0 Å². The number of carbonyl (C=O) groups is 1. The first-order valence-corrected chi connectivity index (χ1v) is 9.56. The molecule has 5 nitrogen and oxygen atoms in total. The Morgan fingerprint density at radius 2 is 1.82 bits per heavy atom. The van der Waals surface area contributed by atoms with Crippen molar-refractivity contribution in [2.24, 2.45) is 11.8 Å². The second kappa shape index (κ2) is 7.80. The Balaban J connectivity index is 1.31. The summed E-state index contributed by atoms with van der Waals surface area (Å²) >= 11 is 0. The van der Waals surface area contributed by atoms with Gasteiger partial charge < -0.3 is 14.6 Å². The maximum Gasteiger partial charge on any atom is 0.176 e. The van der Waals surface area contributed by atoms with E-state index in [2.05, 4.69) is 4.90 Å². The second-order valence-electron chi connectivity index (χ2n) is 7.69. The van der Waals surface area contributed by atoms with Crippen LogP contribution in [0.25, 0.3) is 0 Å². The summed E-state index contributed by atoms with van der Waals surface area (Å²) in [5, 5.41) is 9.34. The van der Waals surface area contributed by atoms with Crippen LogP contribution in [0, 0.1) is 17.7 Å². The number of methoxy groups -OCH3 is 1. The number of ketones is 1. The number of likely N-dealkylation sites (tertiary alicyclic amines) is 1. The molecule has 1 aliphatic heterocycles. The summed E-state index contributed by atoms with van der Waals surface area (Å²) in [5.41, 5.74) is 0.615. The SMILES string of the molecule is COc1ccc(F)c(O[C@H]2C[C@@H]3CN(CC(=O)c4ccc(O)cc4)C[C@@H]3C2)c1. The highest BCUT2D eigenvalue weighted by molar-refractivity contribution is 5.97. The van der Waals surface area contributed by atoms with E-state index in [1.807, 2.05) is 0 Å². The molecule has 0 unspecified atom stereocenters. The van der Waals surface area contributed by atoms with E-state index < -0.39 is 0 Å². The van der Waals surface area contributed by atoms with Gasteiger partial charge in [0.1, 0.15) is 11.5 Å². The predicted molar refractivity (Wildman–Crippen MR) is 102 cm³/mol. The lowest BCUT2D eigenvalue weighted by Gasteiger charge is -2.19. The smallest absolute Gasteiger partial charge is 0.176 e. The first kappa shape index (κ1) is 18.7. The van der Waals surface area contributed by atoms with Gasteiger partial charge in [0.15, 0.2) is 17.3 Å². The number of halogens is 1. The van der Waals surface area contributed by atoms with E-state index in [1.54, 1.807) is 31.4 Å². The lowest BCUT2D eigenvalue weighted by molar-refractivity contribution is 0.0936. The van der Waals surface area contributed by atoms with E-state index in [9.17, 15) is 14.3 Å². The summed E-state index contributed by atoms with van der Waals surface area (Å²) in [6.45, 7) is 2.09. The van der Waals surface area contributed by atoms with Crippen LogP contribution in [0.3, 0.4) is 0 Å². The number of hydrogen-bond acceptors (Lipinski definition) is 5. The van der Waals surface area contributed by atoms with Crippen LogP contribution in [-0.4, -0.2) is 48.6 Å². The second-order valence-corrected chi connectivity index (χ2v) is 7.69. The number of fused-ring (bicyclic) bond motifs is 1. The zero-order chi connectivity index (χ0) is 19.7. The number of Topliss-reactive ketones (excluding diaryl/α,β-unsaturated/α-hetero) is 1. The molecule has 0 radical (unpaired) electrons. The lowest BCUT2D eigenvalue weighted by atomic mass is 10.0. The van der Waals surface area contributed by atoms with E-state index in [0.717, 1.165) is 25.9 Å². The monoisotopic (exact) mass is 385 g/mol. The first-order valence-electron chi connectivity index (χ1n) is 9.56. The summed E-state index contributed by atoms with van der Waals surface area (Å²) in [6.07, 6.45) is 1.72. The lowest BCUT2D eigenvalue weighted by Crippen LogP contribution is -2.30. The third kappa shape index (κ3) is 3.97. The van der Waals surface area contributed by atoms with Crippen molar-refractivity contribution in [3.8, 4) is 17.2 Å². The van der Waals surface area contributed by atoms with E-state index in [4.69, 9.17) is 9.47 Å². The van der Waals surface area contributed by atoms with Crippen molar-refractivity contribution in [1.82, 2.24) is 4.90 Å². The Morgan fingerprint density at radius 1 is 1.14 bits per heavy atom. The van der Waals surface area contributed by atoms with Crippen LogP contribution >= 0.6 is 0 Å². The highest BCUT2D eigenvalue weighted by atomic mass is 19.1. The number of phenols is 1. The molecule has 2 aromatic carbocycles. The molecule has 1 aliphatic carbocycles. The number of nitrogens with zero attached hydrogens (tertiary/aromatic N) is 1. The Bertz CT molecular complexity index is 840. The van der Waals surface area contributed by atoms with E-state index in [1.165, 1.54) is 18.2 Å². The standard InChI is InChI=1S/C22H24FNO4/c1-27-18-6-7-20(23)22(10-18)28-19-8-15-11-24(12-16(15)9-19)13-21(26)14-2-4-17(25)5-3-14/h2-7,10,15-16,19,25H,8-9,11-13H2,1H3/t15-,16+,19+. The van der Waals surface area contributed by atoms with Gasteiger partial charge in [-0.15, -0.1) is 0 Å². The molecule has 1 saturated carbocycles. The maximum atomic E-state index is 14.0. The molecule has 0 amide bonds. The molecule has 28 heavy (non-hydrogen) atoms. The third-order valence-corrected chi connectivity index (χ3v) is 5.77. The molecule has 4 rings (SSSR count). The number of carbonyl (C=O) groups excluding carboxylic acids is 1. The van der Waals surface area contributed by atoms with Crippen LogP contribution in [0.1, 0.15) is 23.2 Å². The highest BCUT2D eigenvalue weighted by Gasteiger charge is 2.42. The van der Waals surface area contributed by atoms with Gasteiger partial charge in [0.05, 0.1) is 19.8 Å². The van der Waals surface area contributed by atoms with Gasteiger partial charge in [-0.25, -0.2) is 4.39 Å². The number of ether oxygens (including phenoxy) is 2. The molecule has 6 heteroatoms. The zero-order valence-corrected chi connectivity index (χ0v) is 15.8. The van der Waals surface area contributed by atoms with Crippen molar-refractivity contribution in [2.45, 2.75) is 18.9 Å². The van der Waals surface area contributed by atoms with Gasteiger partial charge in [0, 0.05) is 24.7 Å². The summed E-state index contributed by atoms with van der Waals surface area (Å²) < 4.78 is 25.1. The average Bonchev–Trinajstić information content (AvgIpc) is 3.21. The van der Waals surface area contributed by atoms with Crippen LogP contribution in [-0.2, 0) is 0 Å². The van der Waals surface area contributed by atoms with Crippen molar-refractivity contribution in [2.75, 3.05) is 26.7 Å². The quantitative estimate of drug-likeness (QED) is 0.771. The maximum absolute atomic E-state index is 14.0. The fourth-order valence-electron chi connectivity index (χ4n) is 4.39. The van der Waals surface area contributed by atoms with Crippen LogP contribution < -0.4 is 9.47 Å². The topological polar surface area (TPSA) is 59.0 Å². The number of phenolic OH excluding ortho intramolecular Hbond substituents is 1. The van der Waals surface area contributed by atoms with Gasteiger partial charge in [-0.3, -0.25) is 9.69 Å². The number of hydrogen-bond donors (Lipinski definition) is 1. The van der Waals surface area contributed by atoms with Gasteiger partial charge in [0.2, 0.25) is 0 Å². The van der Waals surface area contributed by atoms with Gasteiger partial charge >= 0.3 is 0 Å². The van der Waals surface area contributed by atoms with Gasteiger partial charge in [0.25, 0.3) is 0 Å². The number of aromatic hydroxyl groups is 1. The Morgan fingerprint density at radius 3 is 2.46 bits per heavy atom. The average molecular weight is 385 g/mol. The summed E-state index contributed by atoms with van der Waals surface area (Å²) in [5.74, 6) is 1.59. The minimum absolute atomic E-state index is 0.00782. The molecule has 0 aromatic heterocycles. The Hall–Kier alpha value is -2.60. The van der Waals surface area contributed by atoms with E-state index in [0.29, 0.717) is 29.7 Å². The first-order chi connectivity index (χ1) is 13.5. The molecular weight excluding hydrogens is 361 g/mol. The summed E-state index contributed by atoms with van der Waals surface area (Å²) in [7, 11) is 1.55. The van der Waals surface area contributed by atoms with Crippen LogP contribution in [0.4, 0.5) is 4.39 Å². The van der Waals surface area contributed by atoms with Crippen molar-refractivity contribution < 1.29 is 23.8 Å². The molecular formula is C22H24FNO4. The van der Waals surface area contributed by atoms with Gasteiger partial charge in [-0.2, -0.15) is 0 Å². The Kier molecular flexibility index (Phi) is 5.22. The third-order valence-electron chi connectivity index (χ3n) is 5.77. The molecule has 2 aromatic rings. The van der Waals surface area contributed by atoms with Crippen LogP contribution in [0.5, 0.6) is 17.2 Å². The number of rotatable bonds is 6. The fourth-order valence-corrected chi connectivity index (χ4v) is 4.39. The molecule has 0 spiro atoms. The molecule has 148 valence electrons. The normalized spacial score (nSPS) is 24.1. The Labute approximate surface area is 163 Å². The van der Waals surface area contributed by atoms with Crippen molar-refractivity contribution in [1.29, 1.82) is 0 Å². The van der Waals surface area contributed by atoms with Crippen molar-refractivity contribution in [3.63, 3.8) is 0 Å². The van der Waals surface area contributed by atoms with E-state index >= 15 is 0 Å². The highest BCUT2D eigenvalue weighted by Crippen LogP contribution is 2.40. The summed E-state index contributed by atoms with van der Waals surface area (Å²) in [6, 6.07) is 10.9. The minimum atomic E-state index is -0.376. The molecule has 1 saturated heterocycles. The van der Waals surface area contributed by atoms with Crippen LogP contribution in [0.15, 0.2) is 42.5 Å². The molecule has 2 fully saturated rings. The molecule has 1 N–H and O–H groups in total. The van der Waals surface area contributed by atoms with Crippen molar-refractivity contribution in [3.05, 3.63) is 53.8 Å². The number of benzene rings is 2. The zero-order valence-electron chi connectivity index (χ0n) is 15.8. The predicted octanol–water partition coefficient (Wildman–Crippen LogP) is 3.51. The van der Waals surface area contributed by atoms with Crippen molar-refractivity contribution >= 4 is 5.78 Å². The van der Waals surface area contributed by atoms with Gasteiger partial charge in [-0.1, -0.05) is 0 Å². The molecule has 0 bridgehead atoms. The molecule has 3 atom stereocenters.